The maximum Gasteiger partial charge on any atom is 0.255 e. The summed E-state index contributed by atoms with van der Waals surface area (Å²) in [6, 6.07) is 23.1. The molecule has 7 rings (SSSR count). The molecular weight excluding hydrogens is 581 g/mol. The first-order chi connectivity index (χ1) is 21.0. The Bertz CT molecular complexity index is 2240. The zero-order valence-electron chi connectivity index (χ0n) is 24.4. The van der Waals surface area contributed by atoms with Gasteiger partial charge in [0.15, 0.2) is 0 Å². The van der Waals surface area contributed by atoms with Crippen LogP contribution in [0.3, 0.4) is 0 Å². The lowest BCUT2D eigenvalue weighted by atomic mass is 10.00. The van der Waals surface area contributed by atoms with Gasteiger partial charge in [0.05, 0.1) is 46.8 Å². The lowest BCUT2D eigenvalue weighted by Gasteiger charge is -2.30. The molecule has 3 aromatic heterocycles. The fourth-order valence-electron chi connectivity index (χ4n) is 5.88. The van der Waals surface area contributed by atoms with Crippen LogP contribution in [0.5, 0.6) is 0 Å². The summed E-state index contributed by atoms with van der Waals surface area (Å²) in [5.41, 5.74) is 6.15. The molecule has 1 aliphatic heterocycles. The van der Waals surface area contributed by atoms with Crippen LogP contribution in [-0.4, -0.2) is 51.3 Å². The highest BCUT2D eigenvalue weighted by Crippen LogP contribution is 2.43. The molecule has 3 aromatic carbocycles. The number of furan rings is 1. The van der Waals surface area contributed by atoms with E-state index in [-0.39, 0.29) is 11.3 Å². The first-order valence-corrected chi connectivity index (χ1v) is 15.7. The standard InChI is InChI=1S/C33H28FN5O4S/c1-35-33(40)30-23-16-22(27(38(3)44(4,41)42)17-29(23)43-32(30)19-9-11-21(34)12-10-19)24-13-14-26-31(36-24)28-15-20-7-5-6-8-25(20)39(28)18-37(26)2/h5-17H,18H2,1-4H3,(H,35,40). The Morgan fingerprint density at radius 2 is 1.80 bits per heavy atom. The third-order valence-electron chi connectivity index (χ3n) is 8.17. The average Bonchev–Trinajstić information content (AvgIpc) is 3.58. The van der Waals surface area contributed by atoms with Crippen molar-refractivity contribution in [3.63, 3.8) is 0 Å². The van der Waals surface area contributed by atoms with Gasteiger partial charge in [-0.1, -0.05) is 18.2 Å². The Labute approximate surface area is 253 Å². The van der Waals surface area contributed by atoms with Gasteiger partial charge >= 0.3 is 0 Å². The second-order valence-electron chi connectivity index (χ2n) is 10.9. The Balaban J connectivity index is 1.51. The van der Waals surface area contributed by atoms with Crippen molar-refractivity contribution in [1.82, 2.24) is 14.9 Å². The third-order valence-corrected chi connectivity index (χ3v) is 9.36. The fraction of sp³-hybridized carbons (Fsp3) is 0.152. The van der Waals surface area contributed by atoms with E-state index >= 15 is 0 Å². The number of fused-ring (bicyclic) bond motifs is 6. The molecule has 44 heavy (non-hydrogen) atoms. The minimum Gasteiger partial charge on any atom is -0.455 e. The Hall–Kier alpha value is -5.16. The van der Waals surface area contributed by atoms with Crippen LogP contribution >= 0.6 is 0 Å². The zero-order chi connectivity index (χ0) is 30.9. The van der Waals surface area contributed by atoms with E-state index in [0.717, 1.165) is 34.2 Å². The van der Waals surface area contributed by atoms with Gasteiger partial charge in [0.1, 0.15) is 22.9 Å². The number of aromatic nitrogens is 2. The van der Waals surface area contributed by atoms with Crippen LogP contribution < -0.4 is 14.5 Å². The number of nitrogens with one attached hydrogen (secondary N) is 1. The molecule has 222 valence electrons. The SMILES string of the molecule is CNC(=O)c1c(-c2ccc(F)cc2)oc2cc(N(C)S(C)(=O)=O)c(-c3ccc4c(n3)-c3cc5ccccc5n3CN4C)cc12. The Morgan fingerprint density at radius 1 is 1.05 bits per heavy atom. The number of benzene rings is 3. The number of halogens is 1. The van der Waals surface area contributed by atoms with Crippen molar-refractivity contribution >= 4 is 49.2 Å². The summed E-state index contributed by atoms with van der Waals surface area (Å²) in [6.45, 7) is 0.654. The summed E-state index contributed by atoms with van der Waals surface area (Å²) < 4.78 is 49.0. The highest BCUT2D eigenvalue weighted by molar-refractivity contribution is 7.92. The van der Waals surface area contributed by atoms with Crippen LogP contribution in [0.15, 0.2) is 83.3 Å². The second kappa shape index (κ2) is 9.95. The molecule has 0 saturated heterocycles. The van der Waals surface area contributed by atoms with Crippen molar-refractivity contribution < 1.29 is 22.0 Å². The summed E-state index contributed by atoms with van der Waals surface area (Å²) in [7, 11) is 1.29. The molecule has 6 aromatic rings. The maximum atomic E-state index is 13.7. The van der Waals surface area contributed by atoms with Gasteiger partial charge in [-0.3, -0.25) is 9.10 Å². The molecule has 1 amide bonds. The number of amides is 1. The zero-order valence-corrected chi connectivity index (χ0v) is 25.2. The van der Waals surface area contributed by atoms with Crippen molar-refractivity contribution in [3.8, 4) is 34.0 Å². The molecule has 0 aliphatic carbocycles. The highest BCUT2D eigenvalue weighted by Gasteiger charge is 2.28. The summed E-state index contributed by atoms with van der Waals surface area (Å²) in [6.07, 6.45) is 1.12. The van der Waals surface area contributed by atoms with Crippen molar-refractivity contribution in [2.24, 2.45) is 0 Å². The normalized spacial score (nSPS) is 12.8. The number of hydrogen-bond acceptors (Lipinski definition) is 6. The molecule has 4 heterocycles. The summed E-state index contributed by atoms with van der Waals surface area (Å²) in [5.74, 6) is -0.578. The van der Waals surface area contributed by atoms with E-state index in [1.54, 1.807) is 12.1 Å². The molecule has 0 fully saturated rings. The second-order valence-corrected chi connectivity index (χ2v) is 12.9. The molecule has 0 spiro atoms. The van der Waals surface area contributed by atoms with E-state index in [1.807, 2.05) is 31.3 Å². The van der Waals surface area contributed by atoms with Crippen LogP contribution in [0, 0.1) is 5.82 Å². The first kappa shape index (κ1) is 27.7. The maximum absolute atomic E-state index is 13.7. The molecule has 0 atom stereocenters. The minimum atomic E-state index is -3.70. The molecule has 1 N–H and O–H groups in total. The number of carbonyl (C=O) groups excluding carboxylic acids is 1. The van der Waals surface area contributed by atoms with Crippen LogP contribution in [0.4, 0.5) is 15.8 Å². The molecule has 11 heteroatoms. The summed E-state index contributed by atoms with van der Waals surface area (Å²) >= 11 is 0. The quantitative estimate of drug-likeness (QED) is 0.254. The van der Waals surface area contributed by atoms with Crippen molar-refractivity contribution in [3.05, 3.63) is 90.2 Å². The van der Waals surface area contributed by atoms with Gasteiger partial charge in [-0.05, 0) is 54.6 Å². The van der Waals surface area contributed by atoms with Gasteiger partial charge in [0, 0.05) is 49.1 Å². The number of carbonyl (C=O) groups is 1. The fourth-order valence-corrected chi connectivity index (χ4v) is 6.39. The summed E-state index contributed by atoms with van der Waals surface area (Å²) in [4.78, 5) is 20.5. The largest absolute Gasteiger partial charge is 0.455 e. The minimum absolute atomic E-state index is 0.244. The number of anilines is 2. The topological polar surface area (TPSA) is 101 Å². The van der Waals surface area contributed by atoms with Gasteiger partial charge in [-0.25, -0.2) is 17.8 Å². The van der Waals surface area contributed by atoms with E-state index in [4.69, 9.17) is 9.40 Å². The number of nitrogens with zero attached hydrogens (tertiary/aromatic N) is 4. The van der Waals surface area contributed by atoms with E-state index in [9.17, 15) is 17.6 Å². The molecular formula is C33H28FN5O4S. The van der Waals surface area contributed by atoms with E-state index in [1.165, 1.54) is 42.7 Å². The van der Waals surface area contributed by atoms with E-state index in [0.29, 0.717) is 40.1 Å². The molecule has 0 bridgehead atoms. The first-order valence-electron chi connectivity index (χ1n) is 13.9. The van der Waals surface area contributed by atoms with Crippen LogP contribution in [0.2, 0.25) is 0 Å². The number of para-hydroxylation sites is 1. The predicted octanol–water partition coefficient (Wildman–Crippen LogP) is 6.09. The summed E-state index contributed by atoms with van der Waals surface area (Å²) in [5, 5.41) is 4.23. The molecule has 0 unspecified atom stereocenters. The Kier molecular flexibility index (Phi) is 6.26. The number of hydrogen-bond donors (Lipinski definition) is 1. The van der Waals surface area contributed by atoms with Gasteiger partial charge < -0.3 is 19.2 Å². The lowest BCUT2D eigenvalue weighted by Crippen LogP contribution is -2.27. The smallest absolute Gasteiger partial charge is 0.255 e. The van der Waals surface area contributed by atoms with Gasteiger partial charge in [0.2, 0.25) is 10.0 Å². The van der Waals surface area contributed by atoms with E-state index in [2.05, 4.69) is 33.0 Å². The van der Waals surface area contributed by atoms with Gasteiger partial charge in [-0.2, -0.15) is 0 Å². The molecule has 1 aliphatic rings. The van der Waals surface area contributed by atoms with Crippen LogP contribution in [0.25, 0.3) is 55.8 Å². The highest BCUT2D eigenvalue weighted by atomic mass is 32.2. The van der Waals surface area contributed by atoms with Crippen LogP contribution in [-0.2, 0) is 16.7 Å². The van der Waals surface area contributed by atoms with Crippen molar-refractivity contribution in [1.29, 1.82) is 0 Å². The monoisotopic (exact) mass is 609 g/mol. The molecule has 0 saturated carbocycles. The molecule has 9 nitrogen and oxygen atoms in total. The third kappa shape index (κ3) is 4.31. The molecule has 0 radical (unpaired) electrons. The number of sulfonamides is 1. The van der Waals surface area contributed by atoms with Gasteiger partial charge in [-0.15, -0.1) is 0 Å². The van der Waals surface area contributed by atoms with E-state index < -0.39 is 21.7 Å². The van der Waals surface area contributed by atoms with Crippen molar-refractivity contribution in [2.75, 3.05) is 36.6 Å². The number of pyridine rings is 1. The van der Waals surface area contributed by atoms with Gasteiger partial charge in [0.25, 0.3) is 5.91 Å². The van der Waals surface area contributed by atoms with Crippen LogP contribution in [0.1, 0.15) is 10.4 Å². The average molecular weight is 610 g/mol. The number of rotatable bonds is 5. The Morgan fingerprint density at radius 3 is 2.52 bits per heavy atom. The van der Waals surface area contributed by atoms with Crippen molar-refractivity contribution in [2.45, 2.75) is 6.67 Å². The lowest BCUT2D eigenvalue weighted by molar-refractivity contribution is 0.0964. The predicted molar refractivity (Wildman–Crippen MR) is 171 cm³/mol.